The summed E-state index contributed by atoms with van der Waals surface area (Å²) >= 11 is 0. The van der Waals surface area contributed by atoms with Gasteiger partial charge in [0.1, 0.15) is 6.33 Å². The van der Waals surface area contributed by atoms with Gasteiger partial charge in [0.05, 0.1) is 16.5 Å². The molecule has 1 fully saturated rings. The van der Waals surface area contributed by atoms with Crippen molar-refractivity contribution in [3.8, 4) is 5.69 Å². The van der Waals surface area contributed by atoms with Crippen LogP contribution in [0.15, 0.2) is 71.9 Å². The van der Waals surface area contributed by atoms with Gasteiger partial charge in [0.25, 0.3) is 0 Å². The van der Waals surface area contributed by atoms with Crippen molar-refractivity contribution in [1.29, 1.82) is 0 Å². The molecule has 34 heavy (non-hydrogen) atoms. The fraction of sp³-hybridized carbons (Fsp3) is 0.250. The highest BCUT2D eigenvalue weighted by molar-refractivity contribution is 7.89. The first-order chi connectivity index (χ1) is 16.4. The smallest absolute Gasteiger partial charge is 0.243 e. The Kier molecular flexibility index (Phi) is 5.84. The standard InChI is InChI=1S/C24H24N6O3S/c1-17-14-20(11-12-22(17)30-16-25-27-28-30)26-24(31)19-8-5-13-29(15-19)34(32,33)23-10-4-7-18-6-2-3-9-21(18)23/h2-4,6-7,9-12,14,16,19H,5,8,13,15H2,1H3,(H,26,31). The molecule has 1 aromatic heterocycles. The van der Waals surface area contributed by atoms with Crippen LogP contribution in [0, 0.1) is 12.8 Å². The Morgan fingerprint density at radius 3 is 2.71 bits per heavy atom. The molecule has 4 aromatic rings. The number of piperidine rings is 1. The lowest BCUT2D eigenvalue weighted by atomic mass is 9.98. The lowest BCUT2D eigenvalue weighted by Gasteiger charge is -2.31. The van der Waals surface area contributed by atoms with Crippen molar-refractivity contribution in [1.82, 2.24) is 24.5 Å². The van der Waals surface area contributed by atoms with Crippen LogP contribution in [0.5, 0.6) is 0 Å². The maximum absolute atomic E-state index is 13.5. The van der Waals surface area contributed by atoms with E-state index in [1.807, 2.05) is 49.4 Å². The Morgan fingerprint density at radius 1 is 1.09 bits per heavy atom. The zero-order valence-corrected chi connectivity index (χ0v) is 19.4. The summed E-state index contributed by atoms with van der Waals surface area (Å²) in [7, 11) is -3.73. The van der Waals surface area contributed by atoms with Crippen LogP contribution in [-0.4, -0.2) is 51.9 Å². The number of tetrazole rings is 1. The first kappa shape index (κ1) is 22.2. The molecule has 3 aromatic carbocycles. The molecule has 1 unspecified atom stereocenters. The molecule has 1 aliphatic heterocycles. The summed E-state index contributed by atoms with van der Waals surface area (Å²) in [6.07, 6.45) is 2.77. The zero-order valence-electron chi connectivity index (χ0n) is 18.6. The van der Waals surface area contributed by atoms with Crippen molar-refractivity contribution in [3.05, 3.63) is 72.6 Å². The van der Waals surface area contributed by atoms with E-state index >= 15 is 0 Å². The van der Waals surface area contributed by atoms with Crippen LogP contribution in [0.1, 0.15) is 18.4 Å². The molecule has 174 valence electrons. The number of amides is 1. The molecule has 1 atom stereocenters. The number of nitrogens with zero attached hydrogens (tertiary/aromatic N) is 5. The monoisotopic (exact) mass is 476 g/mol. The van der Waals surface area contributed by atoms with E-state index in [4.69, 9.17) is 0 Å². The average molecular weight is 477 g/mol. The molecule has 0 bridgehead atoms. The molecule has 0 spiro atoms. The molecular weight excluding hydrogens is 452 g/mol. The van der Waals surface area contributed by atoms with Crippen LogP contribution < -0.4 is 5.32 Å². The third-order valence-corrected chi connectivity index (χ3v) is 8.11. The maximum atomic E-state index is 13.5. The molecule has 5 rings (SSSR count). The number of aryl methyl sites for hydroxylation is 1. The van der Waals surface area contributed by atoms with Crippen LogP contribution in [0.25, 0.3) is 16.5 Å². The second kappa shape index (κ2) is 8.96. The molecule has 0 aliphatic carbocycles. The number of rotatable bonds is 5. The van der Waals surface area contributed by atoms with Crippen molar-refractivity contribution in [2.24, 2.45) is 5.92 Å². The average Bonchev–Trinajstić information content (AvgIpc) is 3.38. The Balaban J connectivity index is 1.33. The second-order valence-electron chi connectivity index (χ2n) is 8.42. The number of hydrogen-bond donors (Lipinski definition) is 1. The van der Waals surface area contributed by atoms with Crippen LogP contribution >= 0.6 is 0 Å². The Morgan fingerprint density at radius 2 is 1.91 bits per heavy atom. The van der Waals surface area contributed by atoms with Gasteiger partial charge in [0.15, 0.2) is 0 Å². The maximum Gasteiger partial charge on any atom is 0.243 e. The third-order valence-electron chi connectivity index (χ3n) is 6.18. The molecule has 1 aliphatic rings. The summed E-state index contributed by atoms with van der Waals surface area (Å²) in [5, 5.41) is 15.7. The minimum absolute atomic E-state index is 0.152. The van der Waals surface area contributed by atoms with E-state index in [2.05, 4.69) is 20.8 Å². The van der Waals surface area contributed by atoms with Crippen LogP contribution in [0.4, 0.5) is 5.69 Å². The van der Waals surface area contributed by atoms with Gasteiger partial charge in [-0.3, -0.25) is 4.79 Å². The number of carbonyl (C=O) groups excluding carboxylic acids is 1. The molecule has 10 heteroatoms. The summed E-state index contributed by atoms with van der Waals surface area (Å²) in [4.78, 5) is 13.3. The van der Waals surface area contributed by atoms with Crippen LogP contribution in [0.2, 0.25) is 0 Å². The molecule has 9 nitrogen and oxygen atoms in total. The van der Waals surface area contributed by atoms with Crippen molar-refractivity contribution in [3.63, 3.8) is 0 Å². The van der Waals surface area contributed by atoms with E-state index in [1.54, 1.807) is 22.9 Å². The summed E-state index contributed by atoms with van der Waals surface area (Å²) < 4.78 is 30.0. The molecular formula is C24H24N6O3S. The van der Waals surface area contributed by atoms with Gasteiger partial charge in [0.2, 0.25) is 15.9 Å². The van der Waals surface area contributed by atoms with Crippen molar-refractivity contribution in [2.75, 3.05) is 18.4 Å². The summed E-state index contributed by atoms with van der Waals surface area (Å²) in [6.45, 7) is 2.46. The predicted molar refractivity (Wildman–Crippen MR) is 128 cm³/mol. The Labute approximate surface area is 197 Å². The lowest BCUT2D eigenvalue weighted by Crippen LogP contribution is -2.43. The van der Waals surface area contributed by atoms with Crippen LogP contribution in [-0.2, 0) is 14.8 Å². The number of carbonyl (C=O) groups is 1. The summed E-state index contributed by atoms with van der Waals surface area (Å²) in [5.41, 5.74) is 2.36. The number of aromatic nitrogens is 4. The number of sulfonamides is 1. The van der Waals surface area contributed by atoms with Gasteiger partial charge < -0.3 is 5.32 Å². The predicted octanol–water partition coefficient (Wildman–Crippen LogP) is 3.16. The summed E-state index contributed by atoms with van der Waals surface area (Å²) in [6, 6.07) is 18.2. The Bertz CT molecular complexity index is 1450. The van der Waals surface area contributed by atoms with E-state index in [-0.39, 0.29) is 17.3 Å². The van der Waals surface area contributed by atoms with Crippen molar-refractivity contribution in [2.45, 2.75) is 24.7 Å². The van der Waals surface area contributed by atoms with Gasteiger partial charge in [-0.1, -0.05) is 36.4 Å². The van der Waals surface area contributed by atoms with E-state index < -0.39 is 15.9 Å². The normalized spacial score (nSPS) is 17.0. The van der Waals surface area contributed by atoms with E-state index in [1.165, 1.54) is 10.6 Å². The Hall–Kier alpha value is -3.63. The van der Waals surface area contributed by atoms with Gasteiger partial charge >= 0.3 is 0 Å². The topological polar surface area (TPSA) is 110 Å². The van der Waals surface area contributed by atoms with Crippen molar-refractivity contribution >= 4 is 32.4 Å². The third kappa shape index (κ3) is 4.17. The van der Waals surface area contributed by atoms with Gasteiger partial charge in [0, 0.05) is 24.2 Å². The highest BCUT2D eigenvalue weighted by atomic mass is 32.2. The summed E-state index contributed by atoms with van der Waals surface area (Å²) in [5.74, 6) is -0.620. The van der Waals surface area contributed by atoms with Crippen molar-refractivity contribution < 1.29 is 13.2 Å². The van der Waals surface area contributed by atoms with Gasteiger partial charge in [-0.15, -0.1) is 5.10 Å². The molecule has 0 radical (unpaired) electrons. The number of fused-ring (bicyclic) bond motifs is 1. The fourth-order valence-corrected chi connectivity index (χ4v) is 6.18. The minimum Gasteiger partial charge on any atom is -0.326 e. The highest BCUT2D eigenvalue weighted by Crippen LogP contribution is 2.29. The largest absolute Gasteiger partial charge is 0.326 e. The quantitative estimate of drug-likeness (QED) is 0.474. The molecule has 0 saturated carbocycles. The molecule has 1 N–H and O–H groups in total. The second-order valence-corrected chi connectivity index (χ2v) is 10.3. The number of anilines is 1. The lowest BCUT2D eigenvalue weighted by molar-refractivity contribution is -0.120. The first-order valence-electron chi connectivity index (χ1n) is 11.1. The van der Waals surface area contributed by atoms with E-state index in [9.17, 15) is 13.2 Å². The molecule has 1 saturated heterocycles. The number of nitrogens with one attached hydrogen (secondary N) is 1. The van der Waals surface area contributed by atoms with Crippen LogP contribution in [0.3, 0.4) is 0 Å². The first-order valence-corrected chi connectivity index (χ1v) is 12.5. The van der Waals surface area contributed by atoms with Gasteiger partial charge in [-0.05, 0) is 65.4 Å². The fourth-order valence-electron chi connectivity index (χ4n) is 4.44. The van der Waals surface area contributed by atoms with E-state index in [0.29, 0.717) is 30.5 Å². The number of hydrogen-bond acceptors (Lipinski definition) is 6. The highest BCUT2D eigenvalue weighted by Gasteiger charge is 2.34. The van der Waals surface area contributed by atoms with Gasteiger partial charge in [-0.2, -0.15) is 4.31 Å². The molecule has 2 heterocycles. The van der Waals surface area contributed by atoms with E-state index in [0.717, 1.165) is 16.6 Å². The molecule has 1 amide bonds. The zero-order chi connectivity index (χ0) is 23.7. The minimum atomic E-state index is -3.73. The number of benzene rings is 3. The van der Waals surface area contributed by atoms with Gasteiger partial charge in [-0.25, -0.2) is 13.1 Å². The SMILES string of the molecule is Cc1cc(NC(=O)C2CCCN(S(=O)(=O)c3cccc4ccccc34)C2)ccc1-n1cnnn1.